The van der Waals surface area contributed by atoms with Gasteiger partial charge < -0.3 is 5.11 Å². The Hall–Kier alpha value is -0.900. The van der Waals surface area contributed by atoms with Crippen LogP contribution in [0.3, 0.4) is 0 Å². The van der Waals surface area contributed by atoms with Gasteiger partial charge in [0.1, 0.15) is 11.6 Å². The van der Waals surface area contributed by atoms with Gasteiger partial charge >= 0.3 is 0 Å². The zero-order valence-electron chi connectivity index (χ0n) is 7.96. The third-order valence-corrected chi connectivity index (χ3v) is 2.94. The Bertz CT molecular complexity index is 390. The molecule has 0 unspecified atom stereocenters. The number of Topliss-reactive ketones (excluding diaryl/α,β-unsaturated/α-hetero) is 1. The molecule has 0 atom stereocenters. The van der Waals surface area contributed by atoms with Gasteiger partial charge in [-0.2, -0.15) is 0 Å². The Morgan fingerprint density at radius 3 is 2.73 bits per heavy atom. The summed E-state index contributed by atoms with van der Waals surface area (Å²) in [7, 11) is 0. The third-order valence-electron chi connectivity index (χ3n) is 2.48. The van der Waals surface area contributed by atoms with Gasteiger partial charge in [0, 0.05) is 10.9 Å². The lowest BCUT2D eigenvalue weighted by Gasteiger charge is -2.05. The molecule has 80 valence electrons. The van der Waals surface area contributed by atoms with Gasteiger partial charge in [0.05, 0.1) is 5.56 Å². The van der Waals surface area contributed by atoms with Gasteiger partial charge in [-0.3, -0.25) is 4.79 Å². The number of phenols is 1. The average Bonchev–Trinajstić information content (AvgIpc) is 2.85. The van der Waals surface area contributed by atoms with Crippen LogP contribution in [0.2, 0.25) is 0 Å². The Kier molecular flexibility index (Phi) is 2.78. The van der Waals surface area contributed by atoms with Crippen LogP contribution in [0, 0.1) is 11.7 Å². The molecule has 0 aromatic heterocycles. The van der Waals surface area contributed by atoms with Crippen LogP contribution in [0.1, 0.15) is 29.6 Å². The van der Waals surface area contributed by atoms with Crippen LogP contribution in [0.5, 0.6) is 5.75 Å². The second kappa shape index (κ2) is 3.93. The molecule has 4 heteroatoms. The van der Waals surface area contributed by atoms with Gasteiger partial charge in [0.25, 0.3) is 0 Å². The van der Waals surface area contributed by atoms with Crippen LogP contribution in [-0.2, 0) is 0 Å². The number of carbonyl (C=O) groups excluding carboxylic acids is 1. The van der Waals surface area contributed by atoms with Crippen LogP contribution in [-0.4, -0.2) is 10.9 Å². The predicted molar refractivity (Wildman–Crippen MR) is 57.4 cm³/mol. The van der Waals surface area contributed by atoms with E-state index in [2.05, 4.69) is 15.9 Å². The van der Waals surface area contributed by atoms with E-state index in [-0.39, 0.29) is 17.1 Å². The molecule has 1 aromatic carbocycles. The number of benzene rings is 1. The van der Waals surface area contributed by atoms with Crippen molar-refractivity contribution in [3.63, 3.8) is 0 Å². The minimum absolute atomic E-state index is 0.176. The molecule has 0 spiro atoms. The van der Waals surface area contributed by atoms with Gasteiger partial charge in [0.15, 0.2) is 5.78 Å². The lowest BCUT2D eigenvalue weighted by atomic mass is 10.0. The van der Waals surface area contributed by atoms with E-state index in [1.807, 2.05) is 0 Å². The zero-order chi connectivity index (χ0) is 11.0. The Morgan fingerprint density at radius 2 is 2.20 bits per heavy atom. The van der Waals surface area contributed by atoms with Crippen molar-refractivity contribution in [2.75, 3.05) is 0 Å². The largest absolute Gasteiger partial charge is 0.507 e. The van der Waals surface area contributed by atoms with Crippen molar-refractivity contribution < 1.29 is 14.3 Å². The quantitative estimate of drug-likeness (QED) is 0.858. The third kappa shape index (κ3) is 2.37. The number of phenolic OH excluding ortho intramolecular Hbond substituents is 1. The van der Waals surface area contributed by atoms with Gasteiger partial charge in [0.2, 0.25) is 0 Å². The Labute approximate surface area is 95.2 Å². The first-order chi connectivity index (χ1) is 7.08. The molecule has 1 aliphatic rings. The topological polar surface area (TPSA) is 37.3 Å². The van der Waals surface area contributed by atoms with E-state index >= 15 is 0 Å². The second-order valence-corrected chi connectivity index (χ2v) is 4.77. The van der Waals surface area contributed by atoms with Crippen LogP contribution in [0.4, 0.5) is 4.39 Å². The molecule has 0 saturated heterocycles. The molecule has 1 fully saturated rings. The maximum Gasteiger partial charge on any atom is 0.169 e. The summed E-state index contributed by atoms with van der Waals surface area (Å²) in [5.74, 6) is -0.861. The van der Waals surface area contributed by atoms with Gasteiger partial charge in [-0.15, -0.1) is 0 Å². The second-order valence-electron chi connectivity index (χ2n) is 3.85. The van der Waals surface area contributed by atoms with Crippen LogP contribution >= 0.6 is 15.9 Å². The van der Waals surface area contributed by atoms with Crippen molar-refractivity contribution >= 4 is 21.7 Å². The van der Waals surface area contributed by atoms with E-state index in [9.17, 15) is 14.3 Å². The zero-order valence-corrected chi connectivity index (χ0v) is 9.55. The number of aromatic hydroxyl groups is 1. The molecule has 2 nitrogen and oxygen atoms in total. The maximum absolute atomic E-state index is 13.4. The summed E-state index contributed by atoms with van der Waals surface area (Å²) in [5.41, 5.74) is -0.176. The first-order valence-corrected chi connectivity index (χ1v) is 5.58. The maximum atomic E-state index is 13.4. The van der Waals surface area contributed by atoms with Crippen molar-refractivity contribution in [3.05, 3.63) is 28.0 Å². The molecule has 0 bridgehead atoms. The molecule has 0 amide bonds. The molecular weight excluding hydrogens is 263 g/mol. The predicted octanol–water partition coefficient (Wildman–Crippen LogP) is 3.28. The van der Waals surface area contributed by atoms with Crippen molar-refractivity contribution in [3.8, 4) is 5.75 Å². The fourth-order valence-corrected chi connectivity index (χ4v) is 1.94. The molecule has 1 aromatic rings. The summed E-state index contributed by atoms with van der Waals surface area (Å²) in [6, 6.07) is 2.53. The summed E-state index contributed by atoms with van der Waals surface area (Å²) >= 11 is 3.05. The van der Waals surface area contributed by atoms with Crippen molar-refractivity contribution in [2.24, 2.45) is 5.92 Å². The minimum atomic E-state index is -0.660. The molecule has 15 heavy (non-hydrogen) atoms. The molecule has 2 rings (SSSR count). The average molecular weight is 273 g/mol. The van der Waals surface area contributed by atoms with Crippen LogP contribution in [0.15, 0.2) is 16.6 Å². The Balaban J connectivity index is 2.29. The monoisotopic (exact) mass is 272 g/mol. The number of rotatable bonds is 3. The Morgan fingerprint density at radius 1 is 1.53 bits per heavy atom. The van der Waals surface area contributed by atoms with Crippen molar-refractivity contribution in [1.29, 1.82) is 0 Å². The van der Waals surface area contributed by atoms with E-state index in [0.29, 0.717) is 16.8 Å². The molecule has 0 radical (unpaired) electrons. The van der Waals surface area contributed by atoms with Crippen LogP contribution in [0.25, 0.3) is 0 Å². The molecule has 1 aliphatic carbocycles. The van der Waals surface area contributed by atoms with E-state index in [0.717, 1.165) is 12.8 Å². The SMILES string of the molecule is O=C(CC1CC1)c1c(O)cc(Br)cc1F. The number of ketones is 1. The fraction of sp³-hybridized carbons (Fsp3) is 0.364. The summed E-state index contributed by atoms with van der Waals surface area (Å²) in [6.45, 7) is 0. The highest BCUT2D eigenvalue weighted by atomic mass is 79.9. The number of carbonyl (C=O) groups is 1. The lowest BCUT2D eigenvalue weighted by Crippen LogP contribution is -2.04. The fourth-order valence-electron chi connectivity index (χ4n) is 1.52. The summed E-state index contributed by atoms with van der Waals surface area (Å²) in [4.78, 5) is 11.6. The summed E-state index contributed by atoms with van der Waals surface area (Å²) in [6.07, 6.45) is 2.40. The highest BCUT2D eigenvalue weighted by molar-refractivity contribution is 9.10. The number of halogens is 2. The van der Waals surface area contributed by atoms with E-state index < -0.39 is 5.82 Å². The van der Waals surface area contributed by atoms with E-state index in [1.165, 1.54) is 12.1 Å². The minimum Gasteiger partial charge on any atom is -0.507 e. The normalized spacial score (nSPS) is 15.3. The first-order valence-electron chi connectivity index (χ1n) is 4.79. The van der Waals surface area contributed by atoms with Gasteiger partial charge in [-0.1, -0.05) is 15.9 Å². The van der Waals surface area contributed by atoms with Crippen molar-refractivity contribution in [1.82, 2.24) is 0 Å². The number of hydrogen-bond acceptors (Lipinski definition) is 2. The molecular formula is C11H10BrFO2. The van der Waals surface area contributed by atoms with Crippen molar-refractivity contribution in [2.45, 2.75) is 19.3 Å². The molecule has 1 N–H and O–H groups in total. The molecule has 0 heterocycles. The summed E-state index contributed by atoms with van der Waals surface area (Å²) in [5, 5.41) is 9.49. The number of hydrogen-bond donors (Lipinski definition) is 1. The van der Waals surface area contributed by atoms with E-state index in [4.69, 9.17) is 0 Å². The molecule has 1 saturated carbocycles. The van der Waals surface area contributed by atoms with Gasteiger partial charge in [-0.25, -0.2) is 4.39 Å². The standard InChI is InChI=1S/C11H10BrFO2/c12-7-4-8(13)11(10(15)5-7)9(14)3-6-1-2-6/h4-6,15H,1-3H2. The first kappa shape index (κ1) is 10.6. The molecule has 0 aliphatic heterocycles. The van der Waals surface area contributed by atoms with Crippen LogP contribution < -0.4 is 0 Å². The smallest absolute Gasteiger partial charge is 0.169 e. The highest BCUT2D eigenvalue weighted by Crippen LogP contribution is 2.35. The van der Waals surface area contributed by atoms with Gasteiger partial charge in [-0.05, 0) is 30.9 Å². The highest BCUT2D eigenvalue weighted by Gasteiger charge is 2.27. The lowest BCUT2D eigenvalue weighted by molar-refractivity contribution is 0.0969. The summed E-state index contributed by atoms with van der Waals surface area (Å²) < 4.78 is 13.9. The van der Waals surface area contributed by atoms with E-state index in [1.54, 1.807) is 0 Å².